The van der Waals surface area contributed by atoms with Gasteiger partial charge in [0.15, 0.2) is 0 Å². The van der Waals surface area contributed by atoms with E-state index in [-0.39, 0.29) is 18.2 Å². The molecule has 7 heteroatoms. The summed E-state index contributed by atoms with van der Waals surface area (Å²) >= 11 is 0. The zero-order chi connectivity index (χ0) is 17.5. The van der Waals surface area contributed by atoms with Crippen molar-refractivity contribution in [2.75, 3.05) is 6.54 Å². The monoisotopic (exact) mass is 332 g/mol. The molecule has 130 valence electrons. The molecule has 3 N–H and O–H groups in total. The number of nitrogens with one attached hydrogen (secondary N) is 1. The molecule has 2 atom stereocenters. The van der Waals surface area contributed by atoms with Gasteiger partial charge in [0.2, 0.25) is 5.91 Å². The number of ether oxygens (including phenoxy) is 1. The Balaban J connectivity index is 2.69. The van der Waals surface area contributed by atoms with Crippen LogP contribution >= 0.6 is 0 Å². The lowest BCUT2D eigenvalue weighted by molar-refractivity contribution is -0.139. The van der Waals surface area contributed by atoms with Crippen LogP contribution in [0.1, 0.15) is 38.7 Å². The van der Waals surface area contributed by atoms with E-state index < -0.39 is 23.9 Å². The number of hydrogen-bond acceptors (Lipinski definition) is 3. The van der Waals surface area contributed by atoms with Gasteiger partial charge in [0.1, 0.15) is 11.9 Å². The number of benzene rings is 1. The van der Waals surface area contributed by atoms with E-state index in [0.717, 1.165) is 12.5 Å². The maximum absolute atomic E-state index is 12.9. The summed E-state index contributed by atoms with van der Waals surface area (Å²) in [6, 6.07) is 4.42. The molecule has 0 saturated heterocycles. The van der Waals surface area contributed by atoms with E-state index in [1.54, 1.807) is 6.92 Å². The zero-order valence-corrected chi connectivity index (χ0v) is 13.3. The smallest absolute Gasteiger partial charge is 0.419 e. The predicted octanol–water partition coefficient (Wildman–Crippen LogP) is 3.11. The molecule has 23 heavy (non-hydrogen) atoms. The SMILES string of the molecule is CCCC(N)C(=O)NCC(CC)Oc1ccccc1C(F)(F)F. The molecule has 4 nitrogen and oxygen atoms in total. The third-order valence-electron chi connectivity index (χ3n) is 3.38. The number of halogens is 3. The molecule has 0 saturated carbocycles. The molecule has 0 aliphatic heterocycles. The highest BCUT2D eigenvalue weighted by molar-refractivity contribution is 5.81. The molecule has 1 aromatic rings. The Kier molecular flexibility index (Phi) is 7.35. The number of alkyl halides is 3. The summed E-state index contributed by atoms with van der Waals surface area (Å²) < 4.78 is 44.3. The maximum Gasteiger partial charge on any atom is 0.419 e. The molecule has 0 aromatic heterocycles. The van der Waals surface area contributed by atoms with Crippen LogP contribution < -0.4 is 15.8 Å². The summed E-state index contributed by atoms with van der Waals surface area (Å²) in [6.45, 7) is 3.80. The Labute approximate surface area is 134 Å². The summed E-state index contributed by atoms with van der Waals surface area (Å²) in [6.07, 6.45) is -3.25. The van der Waals surface area contributed by atoms with Crippen LogP contribution in [0.4, 0.5) is 13.2 Å². The van der Waals surface area contributed by atoms with Crippen LogP contribution in [-0.4, -0.2) is 24.6 Å². The molecular formula is C16H23F3N2O2. The molecular weight excluding hydrogens is 309 g/mol. The fraction of sp³-hybridized carbons (Fsp3) is 0.562. The summed E-state index contributed by atoms with van der Waals surface area (Å²) in [5.41, 5.74) is 4.86. The van der Waals surface area contributed by atoms with Gasteiger partial charge >= 0.3 is 6.18 Å². The number of hydrogen-bond donors (Lipinski definition) is 2. The molecule has 0 aliphatic rings. The predicted molar refractivity (Wildman–Crippen MR) is 82.0 cm³/mol. The average molecular weight is 332 g/mol. The lowest BCUT2D eigenvalue weighted by atomic mass is 10.1. The first-order valence-electron chi connectivity index (χ1n) is 7.65. The molecule has 0 fully saturated rings. The van der Waals surface area contributed by atoms with Crippen LogP contribution in [0.5, 0.6) is 5.75 Å². The minimum atomic E-state index is -4.48. The fourth-order valence-corrected chi connectivity index (χ4v) is 2.04. The number of carbonyl (C=O) groups is 1. The number of rotatable bonds is 8. The third-order valence-corrected chi connectivity index (χ3v) is 3.38. The van der Waals surface area contributed by atoms with E-state index in [1.807, 2.05) is 6.92 Å². The number of para-hydroxylation sites is 1. The van der Waals surface area contributed by atoms with Gasteiger partial charge in [-0.15, -0.1) is 0 Å². The largest absolute Gasteiger partial charge is 0.488 e. The first-order valence-corrected chi connectivity index (χ1v) is 7.65. The molecule has 0 spiro atoms. The minimum absolute atomic E-state index is 0.110. The van der Waals surface area contributed by atoms with Gasteiger partial charge in [-0.25, -0.2) is 0 Å². The molecule has 0 heterocycles. The molecule has 1 amide bonds. The Hall–Kier alpha value is -1.76. The van der Waals surface area contributed by atoms with E-state index in [1.165, 1.54) is 18.2 Å². The van der Waals surface area contributed by atoms with Crippen molar-refractivity contribution in [3.05, 3.63) is 29.8 Å². The molecule has 2 unspecified atom stereocenters. The lowest BCUT2D eigenvalue weighted by Gasteiger charge is -2.21. The summed E-state index contributed by atoms with van der Waals surface area (Å²) in [5, 5.41) is 2.63. The number of amides is 1. The summed E-state index contributed by atoms with van der Waals surface area (Å²) in [5.74, 6) is -0.558. The van der Waals surface area contributed by atoms with Gasteiger partial charge in [0, 0.05) is 0 Å². The van der Waals surface area contributed by atoms with Gasteiger partial charge in [0.25, 0.3) is 0 Å². The first-order chi connectivity index (χ1) is 10.8. The van der Waals surface area contributed by atoms with E-state index in [9.17, 15) is 18.0 Å². The van der Waals surface area contributed by atoms with Crippen molar-refractivity contribution in [1.29, 1.82) is 0 Å². The summed E-state index contributed by atoms with van der Waals surface area (Å²) in [7, 11) is 0. The highest BCUT2D eigenvalue weighted by Crippen LogP contribution is 2.36. The van der Waals surface area contributed by atoms with Crippen molar-refractivity contribution >= 4 is 5.91 Å². The van der Waals surface area contributed by atoms with E-state index in [2.05, 4.69) is 5.32 Å². The number of nitrogens with two attached hydrogens (primary N) is 1. The maximum atomic E-state index is 12.9. The molecule has 0 aliphatic carbocycles. The molecule has 0 radical (unpaired) electrons. The van der Waals surface area contributed by atoms with Crippen molar-refractivity contribution < 1.29 is 22.7 Å². The normalized spacial score (nSPS) is 14.2. The van der Waals surface area contributed by atoms with E-state index >= 15 is 0 Å². The fourth-order valence-electron chi connectivity index (χ4n) is 2.04. The van der Waals surface area contributed by atoms with E-state index in [4.69, 9.17) is 10.5 Å². The minimum Gasteiger partial charge on any atom is -0.488 e. The number of carbonyl (C=O) groups excluding carboxylic acids is 1. The molecule has 0 bridgehead atoms. The second-order valence-electron chi connectivity index (χ2n) is 5.28. The van der Waals surface area contributed by atoms with Crippen molar-refractivity contribution in [2.45, 2.75) is 51.4 Å². The molecule has 1 rings (SSSR count). The van der Waals surface area contributed by atoms with E-state index in [0.29, 0.717) is 12.8 Å². The van der Waals surface area contributed by atoms with Crippen LogP contribution in [0, 0.1) is 0 Å². The second-order valence-corrected chi connectivity index (χ2v) is 5.28. The van der Waals surface area contributed by atoms with Crippen LogP contribution in [0.15, 0.2) is 24.3 Å². The lowest BCUT2D eigenvalue weighted by Crippen LogP contribution is -2.44. The second kappa shape index (κ2) is 8.76. The Morgan fingerprint density at radius 1 is 1.30 bits per heavy atom. The van der Waals surface area contributed by atoms with Crippen molar-refractivity contribution in [3.63, 3.8) is 0 Å². The Morgan fingerprint density at radius 3 is 2.52 bits per heavy atom. The van der Waals surface area contributed by atoms with Gasteiger partial charge in [-0.2, -0.15) is 13.2 Å². The van der Waals surface area contributed by atoms with Crippen LogP contribution in [0.25, 0.3) is 0 Å². The van der Waals surface area contributed by atoms with Gasteiger partial charge in [-0.05, 0) is 25.0 Å². The topological polar surface area (TPSA) is 64.4 Å². The van der Waals surface area contributed by atoms with Crippen molar-refractivity contribution in [2.24, 2.45) is 5.73 Å². The van der Waals surface area contributed by atoms with Gasteiger partial charge in [-0.1, -0.05) is 32.4 Å². The third kappa shape index (κ3) is 6.09. The summed E-state index contributed by atoms with van der Waals surface area (Å²) in [4.78, 5) is 11.8. The van der Waals surface area contributed by atoms with Crippen molar-refractivity contribution in [1.82, 2.24) is 5.32 Å². The average Bonchev–Trinajstić information content (AvgIpc) is 2.50. The standard InChI is InChI=1S/C16H23F3N2O2/c1-3-7-13(20)15(22)21-10-11(4-2)23-14-9-6-5-8-12(14)16(17,18)19/h5-6,8-9,11,13H,3-4,7,10,20H2,1-2H3,(H,21,22). The first kappa shape index (κ1) is 19.3. The Bertz CT molecular complexity index is 506. The van der Waals surface area contributed by atoms with Gasteiger partial charge in [0.05, 0.1) is 18.2 Å². The van der Waals surface area contributed by atoms with Crippen LogP contribution in [0.2, 0.25) is 0 Å². The van der Waals surface area contributed by atoms with Crippen LogP contribution in [0.3, 0.4) is 0 Å². The van der Waals surface area contributed by atoms with Crippen molar-refractivity contribution in [3.8, 4) is 5.75 Å². The molecule has 1 aromatic carbocycles. The van der Waals surface area contributed by atoms with Gasteiger partial charge < -0.3 is 15.8 Å². The van der Waals surface area contributed by atoms with Gasteiger partial charge in [-0.3, -0.25) is 4.79 Å². The van der Waals surface area contributed by atoms with Crippen LogP contribution in [-0.2, 0) is 11.0 Å². The Morgan fingerprint density at radius 2 is 1.96 bits per heavy atom. The highest BCUT2D eigenvalue weighted by Gasteiger charge is 2.34. The highest BCUT2D eigenvalue weighted by atomic mass is 19.4. The zero-order valence-electron chi connectivity index (χ0n) is 13.3. The quantitative estimate of drug-likeness (QED) is 0.769.